The largest absolute Gasteiger partial charge is 0.388 e. The van der Waals surface area contributed by atoms with Crippen LogP contribution in [0.1, 0.15) is 18.7 Å². The maximum atomic E-state index is 8.76. The zero-order chi connectivity index (χ0) is 9.10. The molecule has 13 heavy (non-hydrogen) atoms. The first kappa shape index (κ1) is 8.44. The van der Waals surface area contributed by atoms with Crippen LogP contribution in [0, 0.1) is 0 Å². The van der Waals surface area contributed by atoms with E-state index in [1.54, 1.807) is 12.4 Å². The van der Waals surface area contributed by atoms with Crippen LogP contribution < -0.4 is 4.90 Å². The first-order chi connectivity index (χ1) is 6.40. The Morgan fingerprint density at radius 2 is 1.85 bits per heavy atom. The normalized spacial score (nSPS) is 16.5. The van der Waals surface area contributed by atoms with Gasteiger partial charge in [-0.15, -0.1) is 0 Å². The van der Waals surface area contributed by atoms with Gasteiger partial charge in [0, 0.05) is 13.1 Å². The minimum Gasteiger partial charge on any atom is -0.388 e. The lowest BCUT2D eigenvalue weighted by Gasteiger charge is -2.16. The average Bonchev–Trinajstić information content (AvgIpc) is 2.71. The van der Waals surface area contributed by atoms with Crippen LogP contribution in [0.4, 0.5) is 5.69 Å². The van der Waals surface area contributed by atoms with Crippen LogP contribution in [0.15, 0.2) is 12.4 Å². The lowest BCUT2D eigenvalue weighted by molar-refractivity contribution is 0.271. The second kappa shape index (κ2) is 3.70. The minimum absolute atomic E-state index is 0.0831. The topological polar surface area (TPSA) is 49.3 Å². The van der Waals surface area contributed by atoms with E-state index in [-0.39, 0.29) is 6.61 Å². The van der Waals surface area contributed by atoms with E-state index in [0.717, 1.165) is 18.8 Å². The molecule has 1 aromatic heterocycles. The number of hydrogen-bond acceptors (Lipinski definition) is 4. The van der Waals surface area contributed by atoms with Crippen LogP contribution in [0.2, 0.25) is 0 Å². The molecule has 1 aliphatic heterocycles. The summed E-state index contributed by atoms with van der Waals surface area (Å²) in [6.45, 7) is 2.12. The van der Waals surface area contributed by atoms with E-state index >= 15 is 0 Å². The molecule has 1 fully saturated rings. The van der Waals surface area contributed by atoms with Crippen molar-refractivity contribution in [2.24, 2.45) is 0 Å². The highest BCUT2D eigenvalue weighted by Crippen LogP contribution is 2.17. The van der Waals surface area contributed by atoms with Crippen molar-refractivity contribution in [1.82, 2.24) is 9.97 Å². The van der Waals surface area contributed by atoms with Gasteiger partial charge in [-0.2, -0.15) is 0 Å². The predicted molar refractivity (Wildman–Crippen MR) is 49.4 cm³/mol. The Morgan fingerprint density at radius 3 is 2.38 bits per heavy atom. The van der Waals surface area contributed by atoms with E-state index in [0.29, 0.717) is 5.82 Å². The summed E-state index contributed by atoms with van der Waals surface area (Å²) in [6.07, 6.45) is 6.07. The molecule has 0 saturated carbocycles. The number of rotatable bonds is 2. The summed E-state index contributed by atoms with van der Waals surface area (Å²) in [4.78, 5) is 10.3. The van der Waals surface area contributed by atoms with Gasteiger partial charge in [-0.3, -0.25) is 0 Å². The van der Waals surface area contributed by atoms with Crippen LogP contribution >= 0.6 is 0 Å². The van der Waals surface area contributed by atoms with Gasteiger partial charge in [0.05, 0.1) is 18.1 Å². The Hall–Kier alpha value is -1.16. The quantitative estimate of drug-likeness (QED) is 0.721. The van der Waals surface area contributed by atoms with Crippen LogP contribution in [-0.4, -0.2) is 28.2 Å². The molecule has 4 heteroatoms. The van der Waals surface area contributed by atoms with Crippen molar-refractivity contribution in [3.8, 4) is 0 Å². The second-order valence-electron chi connectivity index (χ2n) is 3.21. The standard InChI is InChI=1S/C9H13N3O/c13-7-9-10-5-8(6-11-9)12-3-1-2-4-12/h5-6,13H,1-4,7H2. The van der Waals surface area contributed by atoms with Crippen molar-refractivity contribution in [1.29, 1.82) is 0 Å². The van der Waals surface area contributed by atoms with Gasteiger partial charge in [0.15, 0.2) is 5.82 Å². The van der Waals surface area contributed by atoms with Gasteiger partial charge in [-0.05, 0) is 12.8 Å². The lowest BCUT2D eigenvalue weighted by atomic mass is 10.4. The van der Waals surface area contributed by atoms with Gasteiger partial charge in [0.2, 0.25) is 0 Å². The van der Waals surface area contributed by atoms with Crippen LogP contribution in [0.5, 0.6) is 0 Å². The molecule has 1 aromatic rings. The average molecular weight is 179 g/mol. The van der Waals surface area contributed by atoms with Crippen molar-refractivity contribution in [3.63, 3.8) is 0 Å². The third kappa shape index (κ3) is 1.78. The van der Waals surface area contributed by atoms with E-state index in [4.69, 9.17) is 5.11 Å². The molecular weight excluding hydrogens is 166 g/mol. The zero-order valence-electron chi connectivity index (χ0n) is 7.48. The fourth-order valence-electron chi connectivity index (χ4n) is 1.57. The number of hydrogen-bond donors (Lipinski definition) is 1. The predicted octanol–water partition coefficient (Wildman–Crippen LogP) is 0.569. The third-order valence-electron chi connectivity index (χ3n) is 2.30. The van der Waals surface area contributed by atoms with E-state index in [9.17, 15) is 0 Å². The highest BCUT2D eigenvalue weighted by molar-refractivity contribution is 5.42. The van der Waals surface area contributed by atoms with Crippen molar-refractivity contribution in [2.75, 3.05) is 18.0 Å². The molecule has 0 atom stereocenters. The monoisotopic (exact) mass is 179 g/mol. The molecule has 0 aliphatic carbocycles. The second-order valence-corrected chi connectivity index (χ2v) is 3.21. The maximum Gasteiger partial charge on any atom is 0.153 e. The summed E-state index contributed by atoms with van der Waals surface area (Å²) in [7, 11) is 0. The number of aromatic nitrogens is 2. The van der Waals surface area contributed by atoms with Crippen LogP contribution in [-0.2, 0) is 6.61 Å². The minimum atomic E-state index is -0.0831. The van der Waals surface area contributed by atoms with Gasteiger partial charge in [-0.25, -0.2) is 9.97 Å². The molecule has 70 valence electrons. The Kier molecular flexibility index (Phi) is 2.40. The summed E-state index contributed by atoms with van der Waals surface area (Å²) in [5, 5.41) is 8.76. The molecule has 0 bridgehead atoms. The summed E-state index contributed by atoms with van der Waals surface area (Å²) in [6, 6.07) is 0. The maximum absolute atomic E-state index is 8.76. The molecule has 0 amide bonds. The molecule has 1 saturated heterocycles. The number of anilines is 1. The van der Waals surface area contributed by atoms with E-state index < -0.39 is 0 Å². The fourth-order valence-corrected chi connectivity index (χ4v) is 1.57. The van der Waals surface area contributed by atoms with Crippen LogP contribution in [0.25, 0.3) is 0 Å². The first-order valence-electron chi connectivity index (χ1n) is 4.57. The molecule has 0 unspecified atom stereocenters. The number of aliphatic hydroxyl groups excluding tert-OH is 1. The molecule has 1 N–H and O–H groups in total. The smallest absolute Gasteiger partial charge is 0.153 e. The van der Waals surface area contributed by atoms with Crippen molar-refractivity contribution >= 4 is 5.69 Å². The highest BCUT2D eigenvalue weighted by atomic mass is 16.3. The molecule has 0 aromatic carbocycles. The van der Waals surface area contributed by atoms with E-state index in [1.165, 1.54) is 12.8 Å². The number of nitrogens with zero attached hydrogens (tertiary/aromatic N) is 3. The fraction of sp³-hybridized carbons (Fsp3) is 0.556. The Balaban J connectivity index is 2.12. The van der Waals surface area contributed by atoms with Crippen molar-refractivity contribution in [3.05, 3.63) is 18.2 Å². The molecule has 4 nitrogen and oxygen atoms in total. The summed E-state index contributed by atoms with van der Waals surface area (Å²) in [5.41, 5.74) is 1.06. The Bertz CT molecular complexity index is 267. The molecule has 1 aliphatic rings. The Morgan fingerprint density at radius 1 is 1.23 bits per heavy atom. The third-order valence-corrected chi connectivity index (χ3v) is 2.30. The van der Waals surface area contributed by atoms with Gasteiger partial charge < -0.3 is 10.0 Å². The van der Waals surface area contributed by atoms with Gasteiger partial charge in [0.1, 0.15) is 6.61 Å². The summed E-state index contributed by atoms with van der Waals surface area (Å²) in [5.74, 6) is 0.489. The highest BCUT2D eigenvalue weighted by Gasteiger charge is 2.12. The van der Waals surface area contributed by atoms with E-state index in [1.807, 2.05) is 0 Å². The summed E-state index contributed by atoms with van der Waals surface area (Å²) < 4.78 is 0. The molecule has 0 radical (unpaired) electrons. The zero-order valence-corrected chi connectivity index (χ0v) is 7.48. The van der Waals surface area contributed by atoms with Crippen LogP contribution in [0.3, 0.4) is 0 Å². The van der Waals surface area contributed by atoms with E-state index in [2.05, 4.69) is 14.9 Å². The first-order valence-corrected chi connectivity index (χ1v) is 4.57. The van der Waals surface area contributed by atoms with Crippen molar-refractivity contribution < 1.29 is 5.11 Å². The molecule has 2 rings (SSSR count). The molecule has 0 spiro atoms. The molecular formula is C9H13N3O. The Labute approximate surface area is 77.2 Å². The van der Waals surface area contributed by atoms with Gasteiger partial charge >= 0.3 is 0 Å². The lowest BCUT2D eigenvalue weighted by Crippen LogP contribution is -2.18. The van der Waals surface area contributed by atoms with Gasteiger partial charge in [-0.1, -0.05) is 0 Å². The van der Waals surface area contributed by atoms with Crippen molar-refractivity contribution in [2.45, 2.75) is 19.4 Å². The van der Waals surface area contributed by atoms with Gasteiger partial charge in [0.25, 0.3) is 0 Å². The number of aliphatic hydroxyl groups is 1. The molecule has 2 heterocycles. The summed E-state index contributed by atoms with van der Waals surface area (Å²) >= 11 is 0. The SMILES string of the molecule is OCc1ncc(N2CCCC2)cn1.